The molecule has 0 radical (unpaired) electrons. The molecule has 0 saturated heterocycles. The lowest BCUT2D eigenvalue weighted by atomic mass is 9.95. The first-order valence-corrected chi connectivity index (χ1v) is 11.7. The molecule has 2 amide bonds. The van der Waals surface area contributed by atoms with Crippen molar-refractivity contribution in [3.63, 3.8) is 0 Å². The van der Waals surface area contributed by atoms with E-state index in [4.69, 9.17) is 9.51 Å². The summed E-state index contributed by atoms with van der Waals surface area (Å²) in [5, 5.41) is 9.76. The SMILES string of the molecule is O=C(NC1CCCCC1)N1Cc2[nH]cnc2C[C@H]1c1nc(-c2ccc3ccccc3c2)no1. The monoisotopic (exact) mass is 442 g/mol. The number of aromatic amines is 1. The summed E-state index contributed by atoms with van der Waals surface area (Å²) in [5.41, 5.74) is 2.78. The summed E-state index contributed by atoms with van der Waals surface area (Å²) in [4.78, 5) is 27.4. The summed E-state index contributed by atoms with van der Waals surface area (Å²) in [6.45, 7) is 0.437. The fraction of sp³-hybridized carbons (Fsp3) is 0.360. The first-order chi connectivity index (χ1) is 16.2. The summed E-state index contributed by atoms with van der Waals surface area (Å²) in [7, 11) is 0. The molecule has 4 aromatic rings. The number of carbonyl (C=O) groups is 1. The van der Waals surface area contributed by atoms with Gasteiger partial charge in [0.1, 0.15) is 6.04 Å². The summed E-state index contributed by atoms with van der Waals surface area (Å²) >= 11 is 0. The van der Waals surface area contributed by atoms with Crippen molar-refractivity contribution in [3.05, 3.63) is 66.1 Å². The number of urea groups is 1. The van der Waals surface area contributed by atoms with Gasteiger partial charge in [-0.25, -0.2) is 9.78 Å². The molecule has 1 saturated carbocycles. The molecule has 1 aliphatic carbocycles. The van der Waals surface area contributed by atoms with Crippen molar-refractivity contribution >= 4 is 16.8 Å². The second-order valence-electron chi connectivity index (χ2n) is 8.98. The molecule has 8 heteroatoms. The molecule has 33 heavy (non-hydrogen) atoms. The van der Waals surface area contributed by atoms with Gasteiger partial charge < -0.3 is 19.7 Å². The molecule has 0 bridgehead atoms. The van der Waals surface area contributed by atoms with E-state index in [1.54, 1.807) is 11.2 Å². The first-order valence-electron chi connectivity index (χ1n) is 11.7. The van der Waals surface area contributed by atoms with Gasteiger partial charge in [0, 0.05) is 18.0 Å². The molecule has 6 rings (SSSR count). The van der Waals surface area contributed by atoms with E-state index in [1.165, 1.54) is 6.42 Å². The quantitative estimate of drug-likeness (QED) is 0.477. The third-order valence-corrected chi connectivity index (χ3v) is 6.83. The van der Waals surface area contributed by atoms with E-state index < -0.39 is 0 Å². The number of carbonyl (C=O) groups excluding carboxylic acids is 1. The highest BCUT2D eigenvalue weighted by Crippen LogP contribution is 2.33. The number of rotatable bonds is 3. The lowest BCUT2D eigenvalue weighted by Crippen LogP contribution is -2.48. The highest BCUT2D eigenvalue weighted by molar-refractivity contribution is 5.86. The van der Waals surface area contributed by atoms with Crippen molar-refractivity contribution in [1.82, 2.24) is 30.3 Å². The Morgan fingerprint density at radius 2 is 1.94 bits per heavy atom. The van der Waals surface area contributed by atoms with Crippen LogP contribution in [0.4, 0.5) is 4.79 Å². The van der Waals surface area contributed by atoms with Crippen LogP contribution in [0.3, 0.4) is 0 Å². The van der Waals surface area contributed by atoms with Gasteiger partial charge in [0.2, 0.25) is 11.7 Å². The average molecular weight is 443 g/mol. The molecule has 2 aromatic heterocycles. The third-order valence-electron chi connectivity index (χ3n) is 6.83. The molecule has 2 N–H and O–H groups in total. The van der Waals surface area contributed by atoms with E-state index in [9.17, 15) is 4.79 Å². The molecule has 168 valence electrons. The smallest absolute Gasteiger partial charge is 0.318 e. The second-order valence-corrected chi connectivity index (χ2v) is 8.98. The summed E-state index contributed by atoms with van der Waals surface area (Å²) in [6, 6.07) is 14.1. The van der Waals surface area contributed by atoms with Gasteiger partial charge in [-0.1, -0.05) is 60.8 Å². The molecular formula is C25H26N6O2. The minimum Gasteiger partial charge on any atom is -0.347 e. The normalized spacial score (nSPS) is 18.9. The van der Waals surface area contributed by atoms with Crippen LogP contribution in [0.1, 0.15) is 55.4 Å². The van der Waals surface area contributed by atoms with Gasteiger partial charge in [-0.3, -0.25) is 0 Å². The Bertz CT molecular complexity index is 1290. The summed E-state index contributed by atoms with van der Waals surface area (Å²) in [6.07, 6.45) is 7.86. The molecule has 3 heterocycles. The van der Waals surface area contributed by atoms with Gasteiger partial charge in [-0.2, -0.15) is 4.98 Å². The zero-order valence-electron chi connectivity index (χ0n) is 18.3. The van der Waals surface area contributed by atoms with E-state index in [0.717, 1.165) is 53.4 Å². The van der Waals surface area contributed by atoms with E-state index in [2.05, 4.69) is 44.7 Å². The number of benzene rings is 2. The second kappa shape index (κ2) is 8.35. The number of hydrogen-bond acceptors (Lipinski definition) is 5. The molecule has 2 aliphatic rings. The number of imidazole rings is 1. The summed E-state index contributed by atoms with van der Waals surface area (Å²) in [5.74, 6) is 0.960. The maximum Gasteiger partial charge on any atom is 0.318 e. The maximum atomic E-state index is 13.3. The summed E-state index contributed by atoms with van der Waals surface area (Å²) < 4.78 is 5.71. The Labute approximate surface area is 191 Å². The van der Waals surface area contributed by atoms with Gasteiger partial charge in [-0.15, -0.1) is 0 Å². The number of amides is 2. The minimum absolute atomic E-state index is 0.0856. The van der Waals surface area contributed by atoms with E-state index in [1.807, 2.05) is 18.2 Å². The van der Waals surface area contributed by atoms with Gasteiger partial charge in [-0.05, 0) is 29.7 Å². The maximum absolute atomic E-state index is 13.3. The van der Waals surface area contributed by atoms with Crippen molar-refractivity contribution in [2.45, 2.75) is 57.2 Å². The molecule has 0 spiro atoms. The van der Waals surface area contributed by atoms with Crippen LogP contribution in [0, 0.1) is 0 Å². The lowest BCUT2D eigenvalue weighted by Gasteiger charge is -2.34. The number of fused-ring (bicyclic) bond motifs is 2. The Kier molecular flexibility index (Phi) is 5.05. The fourth-order valence-corrected chi connectivity index (χ4v) is 4.99. The highest BCUT2D eigenvalue weighted by Gasteiger charge is 2.37. The van der Waals surface area contributed by atoms with Crippen LogP contribution in [0.5, 0.6) is 0 Å². The van der Waals surface area contributed by atoms with Gasteiger partial charge in [0.15, 0.2) is 0 Å². The Morgan fingerprint density at radius 1 is 1.09 bits per heavy atom. The van der Waals surface area contributed by atoms with E-state index >= 15 is 0 Å². The zero-order valence-corrected chi connectivity index (χ0v) is 18.3. The first kappa shape index (κ1) is 20.0. The molecule has 1 aliphatic heterocycles. The van der Waals surface area contributed by atoms with Crippen LogP contribution in [-0.2, 0) is 13.0 Å². The minimum atomic E-state index is -0.355. The standard InChI is InChI=1S/C25H26N6O2/c32-25(28-19-8-2-1-3-9-19)31-14-21-20(26-15-27-21)13-22(31)24-29-23(30-33-24)18-11-10-16-6-4-5-7-17(16)12-18/h4-7,10-12,15,19,22H,1-3,8-9,13-14H2,(H,26,27)(H,28,32)/t22-/m0/s1. The topological polar surface area (TPSA) is 99.9 Å². The largest absolute Gasteiger partial charge is 0.347 e. The van der Waals surface area contributed by atoms with Crippen LogP contribution < -0.4 is 5.32 Å². The van der Waals surface area contributed by atoms with Crippen LogP contribution in [0.15, 0.2) is 53.3 Å². The molecular weight excluding hydrogens is 416 g/mol. The predicted octanol–water partition coefficient (Wildman–Crippen LogP) is 4.75. The molecule has 1 fully saturated rings. The number of nitrogens with zero attached hydrogens (tertiary/aromatic N) is 4. The van der Waals surface area contributed by atoms with Crippen LogP contribution in [0.2, 0.25) is 0 Å². The zero-order chi connectivity index (χ0) is 22.2. The number of nitrogens with one attached hydrogen (secondary N) is 2. The Morgan fingerprint density at radius 3 is 2.82 bits per heavy atom. The van der Waals surface area contributed by atoms with Crippen molar-refractivity contribution < 1.29 is 9.32 Å². The molecule has 1 atom stereocenters. The number of hydrogen-bond donors (Lipinski definition) is 2. The Hall–Kier alpha value is -3.68. The number of H-pyrrole nitrogens is 1. The van der Waals surface area contributed by atoms with E-state index in [-0.39, 0.29) is 18.1 Å². The van der Waals surface area contributed by atoms with E-state index in [0.29, 0.717) is 24.7 Å². The van der Waals surface area contributed by atoms with Gasteiger partial charge in [0.05, 0.1) is 24.3 Å². The van der Waals surface area contributed by atoms with Crippen molar-refractivity contribution in [3.8, 4) is 11.4 Å². The van der Waals surface area contributed by atoms with Crippen molar-refractivity contribution in [2.24, 2.45) is 0 Å². The highest BCUT2D eigenvalue weighted by atomic mass is 16.5. The molecule has 8 nitrogen and oxygen atoms in total. The molecule has 2 aromatic carbocycles. The molecule has 0 unspecified atom stereocenters. The van der Waals surface area contributed by atoms with Crippen molar-refractivity contribution in [1.29, 1.82) is 0 Å². The fourth-order valence-electron chi connectivity index (χ4n) is 4.99. The van der Waals surface area contributed by atoms with Gasteiger partial charge >= 0.3 is 6.03 Å². The third kappa shape index (κ3) is 3.86. The number of aromatic nitrogens is 4. The van der Waals surface area contributed by atoms with Crippen molar-refractivity contribution in [2.75, 3.05) is 0 Å². The van der Waals surface area contributed by atoms with Crippen LogP contribution >= 0.6 is 0 Å². The average Bonchev–Trinajstić information content (AvgIpc) is 3.53. The van der Waals surface area contributed by atoms with Crippen LogP contribution in [-0.4, -0.2) is 37.1 Å². The lowest BCUT2D eigenvalue weighted by molar-refractivity contribution is 0.138. The van der Waals surface area contributed by atoms with Gasteiger partial charge in [0.25, 0.3) is 0 Å². The van der Waals surface area contributed by atoms with Crippen LogP contribution in [0.25, 0.3) is 22.2 Å². The Balaban J connectivity index is 1.29. The predicted molar refractivity (Wildman–Crippen MR) is 123 cm³/mol.